The SMILES string of the molecule is CNCC1CCCCN1S(=O)(=O)NCCN1CCCC1. The largest absolute Gasteiger partial charge is 0.318 e. The first-order valence-electron chi connectivity index (χ1n) is 7.77. The second-order valence-corrected chi connectivity index (χ2v) is 7.47. The van der Waals surface area contributed by atoms with Crippen LogP contribution < -0.4 is 10.0 Å². The predicted molar refractivity (Wildman–Crippen MR) is 80.9 cm³/mol. The molecule has 0 spiro atoms. The molecule has 2 heterocycles. The van der Waals surface area contributed by atoms with E-state index in [4.69, 9.17) is 0 Å². The average Bonchev–Trinajstić information content (AvgIpc) is 2.92. The highest BCUT2D eigenvalue weighted by Gasteiger charge is 2.31. The van der Waals surface area contributed by atoms with Gasteiger partial charge in [0.2, 0.25) is 0 Å². The first-order valence-corrected chi connectivity index (χ1v) is 9.21. The number of likely N-dealkylation sites (tertiary alicyclic amines) is 1. The Morgan fingerprint density at radius 3 is 2.50 bits per heavy atom. The third kappa shape index (κ3) is 4.39. The molecule has 0 radical (unpaired) electrons. The van der Waals surface area contributed by atoms with Gasteiger partial charge in [-0.1, -0.05) is 6.42 Å². The fourth-order valence-electron chi connectivity index (χ4n) is 3.15. The van der Waals surface area contributed by atoms with Gasteiger partial charge in [0.1, 0.15) is 0 Å². The highest BCUT2D eigenvalue weighted by Crippen LogP contribution is 2.19. The van der Waals surface area contributed by atoms with Crippen LogP contribution in [-0.2, 0) is 10.2 Å². The molecule has 0 saturated carbocycles. The number of hydrogen-bond acceptors (Lipinski definition) is 4. The molecule has 2 rings (SSSR count). The number of nitrogens with zero attached hydrogens (tertiary/aromatic N) is 2. The molecule has 2 aliphatic heterocycles. The zero-order valence-corrected chi connectivity index (χ0v) is 13.3. The molecule has 6 nitrogen and oxygen atoms in total. The van der Waals surface area contributed by atoms with Gasteiger partial charge in [-0.25, -0.2) is 4.72 Å². The van der Waals surface area contributed by atoms with Crippen molar-refractivity contribution in [3.63, 3.8) is 0 Å². The molecule has 0 bridgehead atoms. The van der Waals surface area contributed by atoms with Crippen LogP contribution in [0.5, 0.6) is 0 Å². The fourth-order valence-corrected chi connectivity index (χ4v) is 4.61. The molecule has 0 aromatic heterocycles. The van der Waals surface area contributed by atoms with Gasteiger partial charge in [0.25, 0.3) is 10.2 Å². The summed E-state index contributed by atoms with van der Waals surface area (Å²) in [5, 5.41) is 3.10. The first kappa shape index (κ1) is 16.2. The summed E-state index contributed by atoms with van der Waals surface area (Å²) in [6.45, 7) is 4.93. The monoisotopic (exact) mass is 304 g/mol. The topological polar surface area (TPSA) is 64.7 Å². The van der Waals surface area contributed by atoms with E-state index in [1.165, 1.54) is 12.8 Å². The third-order valence-corrected chi connectivity index (χ3v) is 5.90. The van der Waals surface area contributed by atoms with Crippen LogP contribution in [0, 0.1) is 0 Å². The van der Waals surface area contributed by atoms with E-state index in [1.807, 2.05) is 7.05 Å². The van der Waals surface area contributed by atoms with Gasteiger partial charge in [0, 0.05) is 32.2 Å². The molecular weight excluding hydrogens is 276 g/mol. The molecule has 20 heavy (non-hydrogen) atoms. The minimum atomic E-state index is -3.33. The fraction of sp³-hybridized carbons (Fsp3) is 1.00. The van der Waals surface area contributed by atoms with E-state index < -0.39 is 10.2 Å². The summed E-state index contributed by atoms with van der Waals surface area (Å²) < 4.78 is 29.2. The summed E-state index contributed by atoms with van der Waals surface area (Å²) in [6, 6.07) is 0.0954. The van der Waals surface area contributed by atoms with E-state index in [1.54, 1.807) is 4.31 Å². The Morgan fingerprint density at radius 2 is 1.80 bits per heavy atom. The second-order valence-electron chi connectivity index (χ2n) is 5.77. The Bertz CT molecular complexity index is 380. The van der Waals surface area contributed by atoms with Crippen LogP contribution in [0.2, 0.25) is 0 Å². The smallest absolute Gasteiger partial charge is 0.279 e. The van der Waals surface area contributed by atoms with Gasteiger partial charge in [-0.15, -0.1) is 0 Å². The van der Waals surface area contributed by atoms with Crippen molar-refractivity contribution in [2.75, 3.05) is 46.3 Å². The number of hydrogen-bond donors (Lipinski definition) is 2. The van der Waals surface area contributed by atoms with Crippen LogP contribution in [0.15, 0.2) is 0 Å². The molecular formula is C13H28N4O2S. The second kappa shape index (κ2) is 7.70. The zero-order valence-electron chi connectivity index (χ0n) is 12.5. The Labute approximate surface area is 123 Å². The maximum atomic E-state index is 12.4. The molecule has 2 N–H and O–H groups in total. The average molecular weight is 304 g/mol. The summed E-state index contributed by atoms with van der Waals surface area (Å²) in [7, 11) is -1.45. The molecule has 118 valence electrons. The van der Waals surface area contributed by atoms with Gasteiger partial charge in [-0.05, 0) is 45.8 Å². The van der Waals surface area contributed by atoms with Gasteiger partial charge in [0.05, 0.1) is 0 Å². The minimum Gasteiger partial charge on any atom is -0.318 e. The van der Waals surface area contributed by atoms with E-state index in [9.17, 15) is 8.42 Å². The molecule has 0 amide bonds. The number of nitrogens with one attached hydrogen (secondary N) is 2. The lowest BCUT2D eigenvalue weighted by Crippen LogP contribution is -2.52. The normalized spacial score (nSPS) is 26.1. The van der Waals surface area contributed by atoms with Crippen LogP contribution in [-0.4, -0.2) is 70.0 Å². The lowest BCUT2D eigenvalue weighted by molar-refractivity contribution is 0.245. The summed E-state index contributed by atoms with van der Waals surface area (Å²) in [4.78, 5) is 2.32. The minimum absolute atomic E-state index is 0.0954. The molecule has 2 saturated heterocycles. The van der Waals surface area contributed by atoms with E-state index >= 15 is 0 Å². The summed E-state index contributed by atoms with van der Waals surface area (Å²) in [5.74, 6) is 0. The lowest BCUT2D eigenvalue weighted by atomic mass is 10.1. The van der Waals surface area contributed by atoms with Crippen LogP contribution >= 0.6 is 0 Å². The molecule has 0 aromatic carbocycles. The molecule has 0 aromatic rings. The Morgan fingerprint density at radius 1 is 1.10 bits per heavy atom. The standard InChI is InChI=1S/C13H28N4O2S/c1-14-12-13-6-2-3-10-17(13)20(18,19)15-7-11-16-8-4-5-9-16/h13-15H,2-12H2,1H3. The van der Waals surface area contributed by atoms with E-state index in [2.05, 4.69) is 14.9 Å². The summed E-state index contributed by atoms with van der Waals surface area (Å²) in [5.41, 5.74) is 0. The molecule has 2 aliphatic rings. The Kier molecular flexibility index (Phi) is 6.22. The highest BCUT2D eigenvalue weighted by atomic mass is 32.2. The molecule has 0 aliphatic carbocycles. The van der Waals surface area contributed by atoms with Crippen LogP contribution in [0.4, 0.5) is 0 Å². The summed E-state index contributed by atoms with van der Waals surface area (Å²) >= 11 is 0. The first-order chi connectivity index (χ1) is 9.63. The van der Waals surface area contributed by atoms with Crippen molar-refractivity contribution in [3.8, 4) is 0 Å². The van der Waals surface area contributed by atoms with Crippen molar-refractivity contribution < 1.29 is 8.42 Å². The van der Waals surface area contributed by atoms with Gasteiger partial charge < -0.3 is 10.2 Å². The van der Waals surface area contributed by atoms with Gasteiger partial charge in [0.15, 0.2) is 0 Å². The van der Waals surface area contributed by atoms with Gasteiger partial charge in [-0.3, -0.25) is 0 Å². The zero-order chi connectivity index (χ0) is 14.4. The number of piperidine rings is 1. The van der Waals surface area contributed by atoms with E-state index in [0.717, 1.165) is 45.4 Å². The van der Waals surface area contributed by atoms with Gasteiger partial charge in [-0.2, -0.15) is 12.7 Å². The van der Waals surface area contributed by atoms with Crippen molar-refractivity contribution in [1.82, 2.24) is 19.2 Å². The van der Waals surface area contributed by atoms with Gasteiger partial charge >= 0.3 is 0 Å². The van der Waals surface area contributed by atoms with E-state index in [-0.39, 0.29) is 6.04 Å². The Balaban J connectivity index is 1.83. The van der Waals surface area contributed by atoms with Crippen LogP contribution in [0.25, 0.3) is 0 Å². The van der Waals surface area contributed by atoms with Crippen molar-refractivity contribution in [2.45, 2.75) is 38.1 Å². The summed E-state index contributed by atoms with van der Waals surface area (Å²) in [6.07, 6.45) is 5.51. The number of likely N-dealkylation sites (N-methyl/N-ethyl adjacent to an activating group) is 1. The van der Waals surface area contributed by atoms with Crippen molar-refractivity contribution in [3.05, 3.63) is 0 Å². The molecule has 1 unspecified atom stereocenters. The van der Waals surface area contributed by atoms with Crippen molar-refractivity contribution in [1.29, 1.82) is 0 Å². The molecule has 7 heteroatoms. The maximum Gasteiger partial charge on any atom is 0.279 e. The van der Waals surface area contributed by atoms with E-state index in [0.29, 0.717) is 13.1 Å². The quantitative estimate of drug-likeness (QED) is 0.694. The molecule has 2 fully saturated rings. The van der Waals surface area contributed by atoms with Crippen molar-refractivity contribution in [2.24, 2.45) is 0 Å². The lowest BCUT2D eigenvalue weighted by Gasteiger charge is -2.34. The number of rotatable bonds is 7. The highest BCUT2D eigenvalue weighted by molar-refractivity contribution is 7.87. The Hall–Kier alpha value is -0.210. The predicted octanol–water partition coefficient (Wildman–Crippen LogP) is -0.00950. The third-order valence-electron chi connectivity index (χ3n) is 4.23. The maximum absolute atomic E-state index is 12.4. The van der Waals surface area contributed by atoms with Crippen LogP contribution in [0.1, 0.15) is 32.1 Å². The molecule has 1 atom stereocenters. The van der Waals surface area contributed by atoms with Crippen molar-refractivity contribution >= 4 is 10.2 Å². The van der Waals surface area contributed by atoms with Crippen LogP contribution in [0.3, 0.4) is 0 Å².